The highest BCUT2D eigenvalue weighted by Crippen LogP contribution is 2.22. The molecule has 1 aliphatic rings. The van der Waals surface area contributed by atoms with Crippen LogP contribution in [0, 0.1) is 5.92 Å². The Balaban J connectivity index is 2.05. The summed E-state index contributed by atoms with van der Waals surface area (Å²) in [7, 11) is 1.94. The van der Waals surface area contributed by atoms with Crippen LogP contribution in [0.3, 0.4) is 0 Å². The lowest BCUT2D eigenvalue weighted by atomic mass is 10.1. The summed E-state index contributed by atoms with van der Waals surface area (Å²) in [6, 6.07) is 7.24. The normalized spacial score (nSPS) is 19.6. The molecule has 2 rings (SSSR count). The highest BCUT2D eigenvalue weighted by molar-refractivity contribution is 6.33. The van der Waals surface area contributed by atoms with Crippen molar-refractivity contribution in [2.24, 2.45) is 5.92 Å². The quantitative estimate of drug-likeness (QED) is 0.893. The summed E-state index contributed by atoms with van der Waals surface area (Å²) in [4.78, 5) is 14.1. The van der Waals surface area contributed by atoms with Crippen LogP contribution in [0.5, 0.6) is 0 Å². The Hall–Kier alpha value is -1.06. The average Bonchev–Trinajstić information content (AvgIpc) is 2.78. The number of benzene rings is 1. The maximum atomic E-state index is 12.2. The fourth-order valence-corrected chi connectivity index (χ4v) is 2.49. The van der Waals surface area contributed by atoms with Gasteiger partial charge in [0, 0.05) is 13.1 Å². The number of carbonyl (C=O) groups is 1. The second kappa shape index (κ2) is 5.52. The topological polar surface area (TPSA) is 32.3 Å². The smallest absolute Gasteiger partial charge is 0.255 e. The van der Waals surface area contributed by atoms with Crippen molar-refractivity contribution in [3.8, 4) is 0 Å². The molecule has 1 N–H and O–H groups in total. The predicted molar refractivity (Wildman–Crippen MR) is 69.4 cm³/mol. The molecule has 0 bridgehead atoms. The molecule has 3 nitrogen and oxygen atoms in total. The van der Waals surface area contributed by atoms with E-state index in [1.807, 2.05) is 24.1 Å². The van der Waals surface area contributed by atoms with Gasteiger partial charge in [0.25, 0.3) is 5.91 Å². The molecule has 0 aliphatic carbocycles. The molecule has 1 heterocycles. The molecule has 0 saturated carbocycles. The van der Waals surface area contributed by atoms with Gasteiger partial charge < -0.3 is 10.2 Å². The van der Waals surface area contributed by atoms with Gasteiger partial charge in [-0.2, -0.15) is 0 Å². The molecule has 0 radical (unpaired) electrons. The van der Waals surface area contributed by atoms with Crippen LogP contribution in [0.1, 0.15) is 16.8 Å². The average molecular weight is 253 g/mol. The van der Waals surface area contributed by atoms with Crippen LogP contribution in [0.15, 0.2) is 24.3 Å². The van der Waals surface area contributed by atoms with Crippen molar-refractivity contribution in [1.29, 1.82) is 0 Å². The van der Waals surface area contributed by atoms with Gasteiger partial charge in [0.1, 0.15) is 0 Å². The van der Waals surface area contributed by atoms with E-state index in [1.54, 1.807) is 12.1 Å². The van der Waals surface area contributed by atoms with E-state index in [4.69, 9.17) is 11.6 Å². The number of amides is 1. The van der Waals surface area contributed by atoms with E-state index in [9.17, 15) is 4.79 Å². The van der Waals surface area contributed by atoms with Gasteiger partial charge in [-0.1, -0.05) is 23.7 Å². The fraction of sp³-hybridized carbons (Fsp3) is 0.462. The van der Waals surface area contributed by atoms with Crippen LogP contribution in [-0.2, 0) is 0 Å². The molecular formula is C13H17ClN2O. The van der Waals surface area contributed by atoms with Gasteiger partial charge in [-0.15, -0.1) is 0 Å². The number of carbonyl (C=O) groups excluding carboxylic acids is 1. The molecule has 1 fully saturated rings. The van der Waals surface area contributed by atoms with Crippen LogP contribution in [0.4, 0.5) is 0 Å². The van der Waals surface area contributed by atoms with E-state index in [0.29, 0.717) is 16.5 Å². The van der Waals surface area contributed by atoms with Crippen LogP contribution in [-0.4, -0.2) is 37.5 Å². The van der Waals surface area contributed by atoms with Gasteiger partial charge in [-0.05, 0) is 38.1 Å². The first-order valence-corrected chi connectivity index (χ1v) is 6.28. The maximum absolute atomic E-state index is 12.2. The van der Waals surface area contributed by atoms with E-state index in [-0.39, 0.29) is 5.91 Å². The first kappa shape index (κ1) is 12.4. The summed E-state index contributed by atoms with van der Waals surface area (Å²) in [6.07, 6.45) is 1.07. The third-order valence-corrected chi connectivity index (χ3v) is 3.50. The second-order valence-electron chi connectivity index (χ2n) is 4.44. The van der Waals surface area contributed by atoms with Crippen LogP contribution in [0.25, 0.3) is 0 Å². The summed E-state index contributed by atoms with van der Waals surface area (Å²) in [5.74, 6) is 0.612. The molecule has 0 aromatic heterocycles. The molecule has 0 spiro atoms. The lowest BCUT2D eigenvalue weighted by Crippen LogP contribution is -2.30. The van der Waals surface area contributed by atoms with Crippen LogP contribution < -0.4 is 5.32 Å². The molecule has 4 heteroatoms. The number of rotatable bonds is 3. The Morgan fingerprint density at radius 2 is 2.29 bits per heavy atom. The third kappa shape index (κ3) is 2.79. The van der Waals surface area contributed by atoms with Crippen LogP contribution in [0.2, 0.25) is 5.02 Å². The summed E-state index contributed by atoms with van der Waals surface area (Å²) in [5.41, 5.74) is 0.610. The third-order valence-electron chi connectivity index (χ3n) is 3.17. The number of halogens is 1. The fourth-order valence-electron chi connectivity index (χ4n) is 2.28. The largest absolute Gasteiger partial charge is 0.338 e. The Kier molecular flexibility index (Phi) is 4.02. The van der Waals surface area contributed by atoms with Crippen molar-refractivity contribution in [1.82, 2.24) is 10.2 Å². The number of nitrogens with zero attached hydrogens (tertiary/aromatic N) is 1. The van der Waals surface area contributed by atoms with E-state index < -0.39 is 0 Å². The Bertz CT molecular complexity index is 408. The first-order valence-electron chi connectivity index (χ1n) is 5.90. The SMILES string of the molecule is CNCC1CCN(C(=O)c2ccccc2Cl)C1. The van der Waals surface area contributed by atoms with Gasteiger partial charge in [-0.25, -0.2) is 0 Å². The van der Waals surface area contributed by atoms with Crippen molar-refractivity contribution < 1.29 is 4.79 Å². The molecule has 1 aliphatic heterocycles. The molecule has 1 aromatic rings. The maximum Gasteiger partial charge on any atom is 0.255 e. The van der Waals surface area contributed by atoms with Crippen molar-refractivity contribution in [2.75, 3.05) is 26.7 Å². The minimum atomic E-state index is 0.0502. The minimum absolute atomic E-state index is 0.0502. The highest BCUT2D eigenvalue weighted by Gasteiger charge is 2.27. The Labute approximate surface area is 107 Å². The van der Waals surface area contributed by atoms with Gasteiger partial charge in [0.15, 0.2) is 0 Å². The van der Waals surface area contributed by atoms with E-state index in [2.05, 4.69) is 5.32 Å². The Morgan fingerprint density at radius 1 is 1.53 bits per heavy atom. The van der Waals surface area contributed by atoms with Crippen molar-refractivity contribution >= 4 is 17.5 Å². The molecule has 1 unspecified atom stereocenters. The van der Waals surface area contributed by atoms with Gasteiger partial charge in [-0.3, -0.25) is 4.79 Å². The van der Waals surface area contributed by atoms with Gasteiger partial charge in [0.05, 0.1) is 10.6 Å². The van der Waals surface area contributed by atoms with Gasteiger partial charge in [0.2, 0.25) is 0 Å². The zero-order valence-electron chi connectivity index (χ0n) is 9.95. The van der Waals surface area contributed by atoms with Crippen molar-refractivity contribution in [3.05, 3.63) is 34.9 Å². The molecule has 1 atom stereocenters. The van der Waals surface area contributed by atoms with E-state index in [1.165, 1.54) is 0 Å². The van der Waals surface area contributed by atoms with Gasteiger partial charge >= 0.3 is 0 Å². The zero-order valence-corrected chi connectivity index (χ0v) is 10.7. The first-order chi connectivity index (χ1) is 8.22. The van der Waals surface area contributed by atoms with E-state index in [0.717, 1.165) is 26.1 Å². The molecule has 92 valence electrons. The standard InChI is InChI=1S/C13H17ClN2O/c1-15-8-10-6-7-16(9-10)13(17)11-4-2-3-5-12(11)14/h2-5,10,15H,6-9H2,1H3. The number of hydrogen-bond acceptors (Lipinski definition) is 2. The van der Waals surface area contributed by atoms with Crippen LogP contribution >= 0.6 is 11.6 Å². The summed E-state index contributed by atoms with van der Waals surface area (Å²) < 4.78 is 0. The summed E-state index contributed by atoms with van der Waals surface area (Å²) in [6.45, 7) is 2.62. The number of likely N-dealkylation sites (tertiary alicyclic amines) is 1. The van der Waals surface area contributed by atoms with Crippen molar-refractivity contribution in [3.63, 3.8) is 0 Å². The molecular weight excluding hydrogens is 236 g/mol. The monoisotopic (exact) mass is 252 g/mol. The summed E-state index contributed by atoms with van der Waals surface area (Å²) in [5, 5.41) is 3.69. The molecule has 17 heavy (non-hydrogen) atoms. The molecule has 1 saturated heterocycles. The second-order valence-corrected chi connectivity index (χ2v) is 4.85. The molecule has 1 aromatic carbocycles. The van der Waals surface area contributed by atoms with E-state index >= 15 is 0 Å². The predicted octanol–water partition coefficient (Wildman–Crippen LogP) is 2.02. The van der Waals surface area contributed by atoms with Crippen molar-refractivity contribution in [2.45, 2.75) is 6.42 Å². The summed E-state index contributed by atoms with van der Waals surface area (Å²) >= 11 is 6.04. The number of nitrogens with one attached hydrogen (secondary N) is 1. The lowest BCUT2D eigenvalue weighted by molar-refractivity contribution is 0.0787. The molecule has 1 amide bonds. The lowest BCUT2D eigenvalue weighted by Gasteiger charge is -2.17. The highest BCUT2D eigenvalue weighted by atomic mass is 35.5. The number of hydrogen-bond donors (Lipinski definition) is 1. The zero-order chi connectivity index (χ0) is 12.3. The Morgan fingerprint density at radius 3 is 3.00 bits per heavy atom. The minimum Gasteiger partial charge on any atom is -0.338 e.